The Labute approximate surface area is 166 Å². The molecule has 0 amide bonds. The zero-order valence-corrected chi connectivity index (χ0v) is 15.8. The monoisotopic (exact) mass is 404 g/mol. The van der Waals surface area contributed by atoms with E-state index in [-0.39, 0.29) is 36.1 Å². The van der Waals surface area contributed by atoms with Crippen LogP contribution in [-0.2, 0) is 0 Å². The first-order valence-corrected chi connectivity index (χ1v) is 8.28. The zero-order chi connectivity index (χ0) is 16.5. The van der Waals surface area contributed by atoms with Crippen LogP contribution in [0.1, 0.15) is 21.3 Å². The Hall–Kier alpha value is -2.46. The van der Waals surface area contributed by atoms with E-state index in [9.17, 15) is 4.79 Å². The number of nitriles is 1. The van der Waals surface area contributed by atoms with Gasteiger partial charge >= 0.3 is 0 Å². The van der Waals surface area contributed by atoms with Crippen molar-refractivity contribution in [1.82, 2.24) is 14.9 Å². The number of benzene rings is 1. The van der Waals surface area contributed by atoms with Gasteiger partial charge < -0.3 is 5.32 Å². The fourth-order valence-electron chi connectivity index (χ4n) is 2.67. The molecule has 132 valence electrons. The summed E-state index contributed by atoms with van der Waals surface area (Å²) in [4.78, 5) is 16.9. The predicted octanol–water partition coefficient (Wildman–Crippen LogP) is 4.27. The van der Waals surface area contributed by atoms with E-state index in [2.05, 4.69) is 16.4 Å². The van der Waals surface area contributed by atoms with Gasteiger partial charge in [-0.2, -0.15) is 5.26 Å². The van der Waals surface area contributed by atoms with Gasteiger partial charge in [-0.1, -0.05) is 6.07 Å². The van der Waals surface area contributed by atoms with Gasteiger partial charge in [-0.3, -0.25) is 14.3 Å². The number of carbonyl (C=O) groups is 1. The van der Waals surface area contributed by atoms with Gasteiger partial charge in [0.25, 0.3) is 5.91 Å². The lowest BCUT2D eigenvalue weighted by Crippen LogP contribution is -2.23. The van der Waals surface area contributed by atoms with E-state index in [0.29, 0.717) is 11.3 Å². The standard InChI is InChI=1S/C18H12N4OS.2ClH/c19-9-12-3-4-16-13(8-12)5-7-22(16)18(23)15-11-24-17(21-15)14-2-1-6-20-10-14;;/h1-8,10-11,17,21H;2*1H. The molecule has 0 fully saturated rings. The number of allylic oxidation sites excluding steroid dienone is 1. The van der Waals surface area contributed by atoms with E-state index >= 15 is 0 Å². The highest BCUT2D eigenvalue weighted by atomic mass is 35.5. The van der Waals surface area contributed by atoms with E-state index in [1.165, 1.54) is 0 Å². The van der Waals surface area contributed by atoms with Crippen LogP contribution < -0.4 is 5.32 Å². The number of rotatable bonds is 2. The maximum atomic E-state index is 12.8. The first kappa shape index (κ1) is 19.9. The molecule has 3 heterocycles. The lowest BCUT2D eigenvalue weighted by atomic mass is 10.2. The summed E-state index contributed by atoms with van der Waals surface area (Å²) >= 11 is 1.55. The third kappa shape index (κ3) is 3.56. The van der Waals surface area contributed by atoms with E-state index in [1.807, 2.05) is 23.6 Å². The van der Waals surface area contributed by atoms with Crippen molar-refractivity contribution >= 4 is 53.4 Å². The Kier molecular flexibility index (Phi) is 6.32. The maximum Gasteiger partial charge on any atom is 0.279 e. The molecule has 1 unspecified atom stereocenters. The highest BCUT2D eigenvalue weighted by molar-refractivity contribution is 8.02. The molecule has 0 spiro atoms. The second kappa shape index (κ2) is 8.28. The van der Waals surface area contributed by atoms with Gasteiger partial charge in [0, 0.05) is 34.9 Å². The summed E-state index contributed by atoms with van der Waals surface area (Å²) in [6.45, 7) is 0. The first-order valence-electron chi connectivity index (χ1n) is 7.34. The smallest absolute Gasteiger partial charge is 0.279 e. The number of hydrogen-bond donors (Lipinski definition) is 1. The van der Waals surface area contributed by atoms with Crippen molar-refractivity contribution in [2.45, 2.75) is 5.37 Å². The molecular weight excluding hydrogens is 391 g/mol. The molecule has 0 bridgehead atoms. The molecule has 0 saturated heterocycles. The van der Waals surface area contributed by atoms with Crippen LogP contribution in [0, 0.1) is 11.3 Å². The molecule has 4 rings (SSSR count). The number of halogens is 2. The summed E-state index contributed by atoms with van der Waals surface area (Å²) < 4.78 is 1.60. The summed E-state index contributed by atoms with van der Waals surface area (Å²) in [6.07, 6.45) is 5.25. The molecule has 1 N–H and O–H groups in total. The Morgan fingerprint density at radius 3 is 2.85 bits per heavy atom. The molecule has 1 atom stereocenters. The lowest BCUT2D eigenvalue weighted by molar-refractivity contribution is 0.0952. The molecule has 0 radical (unpaired) electrons. The Morgan fingerprint density at radius 1 is 1.27 bits per heavy atom. The molecule has 26 heavy (non-hydrogen) atoms. The summed E-state index contributed by atoms with van der Waals surface area (Å²) in [5.41, 5.74) is 2.95. The fourth-order valence-corrected chi connectivity index (χ4v) is 3.60. The van der Waals surface area contributed by atoms with Gasteiger partial charge in [-0.15, -0.1) is 36.6 Å². The number of fused-ring (bicyclic) bond motifs is 1. The number of pyridine rings is 1. The van der Waals surface area contributed by atoms with Crippen LogP contribution in [0.15, 0.2) is 66.1 Å². The molecule has 0 aliphatic carbocycles. The minimum atomic E-state index is -0.117. The number of nitrogens with zero attached hydrogens (tertiary/aromatic N) is 3. The molecule has 1 aliphatic heterocycles. The maximum absolute atomic E-state index is 12.8. The van der Waals surface area contributed by atoms with Crippen molar-refractivity contribution in [2.75, 3.05) is 0 Å². The summed E-state index contributed by atoms with van der Waals surface area (Å²) in [5.74, 6) is -0.117. The van der Waals surface area contributed by atoms with Gasteiger partial charge in [0.2, 0.25) is 0 Å². The van der Waals surface area contributed by atoms with Crippen LogP contribution >= 0.6 is 36.6 Å². The van der Waals surface area contributed by atoms with Crippen LogP contribution in [0.2, 0.25) is 0 Å². The lowest BCUT2D eigenvalue weighted by Gasteiger charge is -2.12. The van der Waals surface area contributed by atoms with Crippen molar-refractivity contribution in [3.05, 3.63) is 77.2 Å². The quantitative estimate of drug-likeness (QED) is 0.690. The van der Waals surface area contributed by atoms with Crippen LogP contribution in [0.25, 0.3) is 10.9 Å². The minimum Gasteiger partial charge on any atom is -0.364 e. The fraction of sp³-hybridized carbons (Fsp3) is 0.0556. The van der Waals surface area contributed by atoms with Crippen LogP contribution in [0.5, 0.6) is 0 Å². The molecule has 0 saturated carbocycles. The number of aromatic nitrogens is 2. The van der Waals surface area contributed by atoms with E-state index in [1.54, 1.807) is 53.1 Å². The number of hydrogen-bond acceptors (Lipinski definition) is 5. The first-order chi connectivity index (χ1) is 11.8. The largest absolute Gasteiger partial charge is 0.364 e. The van der Waals surface area contributed by atoms with Crippen molar-refractivity contribution in [3.63, 3.8) is 0 Å². The highest BCUT2D eigenvalue weighted by Crippen LogP contribution is 2.34. The Bertz CT molecular complexity index is 1010. The van der Waals surface area contributed by atoms with Crippen molar-refractivity contribution in [2.24, 2.45) is 0 Å². The van der Waals surface area contributed by atoms with Crippen molar-refractivity contribution in [3.8, 4) is 6.07 Å². The molecule has 2 aromatic heterocycles. The zero-order valence-electron chi connectivity index (χ0n) is 13.3. The van der Waals surface area contributed by atoms with Gasteiger partial charge in [-0.25, -0.2) is 0 Å². The SMILES string of the molecule is Cl.Cl.N#Cc1ccc2c(ccn2C(=O)C2=CSC(c3cccnc3)N2)c1. The Balaban J connectivity index is 0.00000121. The molecule has 1 aliphatic rings. The summed E-state index contributed by atoms with van der Waals surface area (Å²) in [6, 6.07) is 13.1. The molecule has 1 aromatic carbocycles. The van der Waals surface area contributed by atoms with Crippen molar-refractivity contribution < 1.29 is 4.79 Å². The number of carbonyl (C=O) groups excluding carboxylic acids is 1. The number of thioether (sulfide) groups is 1. The predicted molar refractivity (Wildman–Crippen MR) is 108 cm³/mol. The van der Waals surface area contributed by atoms with E-state index < -0.39 is 0 Å². The van der Waals surface area contributed by atoms with Crippen LogP contribution in [0.3, 0.4) is 0 Å². The third-order valence-corrected chi connectivity index (χ3v) is 4.90. The molecule has 5 nitrogen and oxygen atoms in total. The van der Waals surface area contributed by atoms with E-state index in [4.69, 9.17) is 5.26 Å². The van der Waals surface area contributed by atoms with Crippen LogP contribution in [-0.4, -0.2) is 15.5 Å². The van der Waals surface area contributed by atoms with Crippen molar-refractivity contribution in [1.29, 1.82) is 5.26 Å². The number of nitrogens with one attached hydrogen (secondary N) is 1. The van der Waals surface area contributed by atoms with E-state index in [0.717, 1.165) is 16.5 Å². The molecule has 8 heteroatoms. The average Bonchev–Trinajstić information content (AvgIpc) is 3.28. The second-order valence-electron chi connectivity index (χ2n) is 5.35. The summed E-state index contributed by atoms with van der Waals surface area (Å²) in [7, 11) is 0. The van der Waals surface area contributed by atoms with Gasteiger partial charge in [0.1, 0.15) is 11.1 Å². The topological polar surface area (TPSA) is 70.7 Å². The summed E-state index contributed by atoms with van der Waals surface area (Å²) in [5, 5.41) is 14.9. The Morgan fingerprint density at radius 2 is 2.12 bits per heavy atom. The molecular formula is C18H14Cl2N4OS. The van der Waals surface area contributed by atoms with Gasteiger partial charge in [-0.05, 0) is 30.3 Å². The van der Waals surface area contributed by atoms with Gasteiger partial charge in [0.15, 0.2) is 0 Å². The minimum absolute atomic E-state index is 0. The average molecular weight is 405 g/mol. The highest BCUT2D eigenvalue weighted by Gasteiger charge is 2.24. The second-order valence-corrected chi connectivity index (χ2v) is 6.33. The molecule has 3 aromatic rings. The third-order valence-electron chi connectivity index (χ3n) is 3.86. The van der Waals surface area contributed by atoms with Gasteiger partial charge in [0.05, 0.1) is 17.1 Å². The normalized spacial score (nSPS) is 15.2. The van der Waals surface area contributed by atoms with Crippen LogP contribution in [0.4, 0.5) is 0 Å².